The van der Waals surface area contributed by atoms with Gasteiger partial charge in [-0.2, -0.15) is 0 Å². The van der Waals surface area contributed by atoms with Gasteiger partial charge in [0, 0.05) is 132 Å². The second-order valence-corrected chi connectivity index (χ2v) is 20.1. The van der Waals surface area contributed by atoms with E-state index in [-0.39, 0.29) is 0 Å². The normalized spacial score (nSPS) is 11.9. The summed E-state index contributed by atoms with van der Waals surface area (Å²) in [5.74, 6) is 0. The SMILES string of the molecule is Nc1c(-c2ccccc2)c2c(-c3ccccc3)c(N)c3c(-c4ccccc4)c(-c4ccccc4)c4c(N)c(-c5ccccc5)c5c(-c6ccccc6)c(N)c6c(-c7ccccc7)c(-c7ccccc7)c1c1c6c5c4c3c21. The van der Waals surface area contributed by atoms with E-state index >= 15 is 0 Å². The summed E-state index contributed by atoms with van der Waals surface area (Å²) in [7, 11) is 0. The van der Waals surface area contributed by atoms with Crippen LogP contribution in [0, 0.1) is 0 Å². The van der Waals surface area contributed by atoms with Crippen LogP contribution in [0.25, 0.3) is 154 Å². The molecule has 15 aromatic carbocycles. The zero-order valence-electron chi connectivity index (χ0n) is 41.4. The highest BCUT2D eigenvalue weighted by Gasteiger charge is 2.37. The molecular formula is C72H48N4. The molecule has 4 heteroatoms. The van der Waals surface area contributed by atoms with Crippen molar-refractivity contribution >= 4 is 87.4 Å². The third kappa shape index (κ3) is 5.95. The number of hydrogen-bond acceptors (Lipinski definition) is 4. The Balaban J connectivity index is 1.41. The van der Waals surface area contributed by atoms with Gasteiger partial charge in [0.25, 0.3) is 0 Å². The summed E-state index contributed by atoms with van der Waals surface area (Å²) < 4.78 is 0. The maximum Gasteiger partial charge on any atom is 0.0486 e. The van der Waals surface area contributed by atoms with Crippen molar-refractivity contribution in [1.82, 2.24) is 0 Å². The molecule has 0 aliphatic carbocycles. The molecule has 0 spiro atoms. The number of nitrogen functional groups attached to an aromatic ring is 4. The van der Waals surface area contributed by atoms with Crippen molar-refractivity contribution in [2.24, 2.45) is 0 Å². The van der Waals surface area contributed by atoms with Crippen LogP contribution in [-0.4, -0.2) is 0 Å². The summed E-state index contributed by atoms with van der Waals surface area (Å²) in [5.41, 5.74) is 51.6. The smallest absolute Gasteiger partial charge is 0.0486 e. The molecular weight excluding hydrogens is 921 g/mol. The Morgan fingerprint density at radius 1 is 0.132 bits per heavy atom. The van der Waals surface area contributed by atoms with Crippen LogP contribution >= 0.6 is 0 Å². The number of anilines is 4. The van der Waals surface area contributed by atoms with Gasteiger partial charge in [0.2, 0.25) is 0 Å². The lowest BCUT2D eigenvalue weighted by atomic mass is 9.70. The fraction of sp³-hybridized carbons (Fsp3) is 0. The van der Waals surface area contributed by atoms with Crippen molar-refractivity contribution in [3.05, 3.63) is 243 Å². The van der Waals surface area contributed by atoms with E-state index in [9.17, 15) is 0 Å². The largest absolute Gasteiger partial charge is 0.398 e. The first-order valence-electron chi connectivity index (χ1n) is 25.9. The van der Waals surface area contributed by atoms with E-state index in [1.165, 1.54) is 0 Å². The third-order valence-corrected chi connectivity index (χ3v) is 16.2. The Morgan fingerprint density at radius 3 is 0.421 bits per heavy atom. The number of benzene rings is 15. The van der Waals surface area contributed by atoms with Gasteiger partial charge in [-0.05, 0) is 44.5 Å². The van der Waals surface area contributed by atoms with E-state index in [2.05, 4.69) is 243 Å². The molecule has 0 radical (unpaired) electrons. The minimum Gasteiger partial charge on any atom is -0.398 e. The van der Waals surface area contributed by atoms with Gasteiger partial charge in [0.1, 0.15) is 0 Å². The van der Waals surface area contributed by atoms with Crippen molar-refractivity contribution in [2.75, 3.05) is 22.9 Å². The quantitative estimate of drug-likeness (QED) is 0.0692. The van der Waals surface area contributed by atoms with Crippen LogP contribution in [0.5, 0.6) is 0 Å². The summed E-state index contributed by atoms with van der Waals surface area (Å²) >= 11 is 0. The minimum atomic E-state index is 0.670. The Labute approximate surface area is 439 Å². The third-order valence-electron chi connectivity index (χ3n) is 16.2. The monoisotopic (exact) mass is 968 g/mol. The molecule has 0 saturated heterocycles. The molecule has 0 atom stereocenters. The van der Waals surface area contributed by atoms with E-state index in [1.807, 2.05) is 0 Å². The van der Waals surface area contributed by atoms with Crippen LogP contribution in [0.15, 0.2) is 243 Å². The van der Waals surface area contributed by atoms with Gasteiger partial charge >= 0.3 is 0 Å². The molecule has 0 amide bonds. The molecule has 0 aromatic heterocycles. The highest BCUT2D eigenvalue weighted by atomic mass is 14.6. The van der Waals surface area contributed by atoms with Gasteiger partial charge in [-0.25, -0.2) is 0 Å². The Hall–Kier alpha value is -10.2. The van der Waals surface area contributed by atoms with Gasteiger partial charge < -0.3 is 22.9 Å². The molecule has 0 fully saturated rings. The van der Waals surface area contributed by atoms with Crippen molar-refractivity contribution in [3.63, 3.8) is 0 Å². The standard InChI is InChI=1S/C72H48N4/c73-69-53(45-33-17-5-18-34-45)57-55(47-37-21-7-22-38-47)71(75)67-51(43-29-13-3-14-30-43)52(44-31-15-4-16-32-44)68-64-60-58(56(72(68)76)48-39-23-8-24-40-48)54(46-35-19-6-20-36-46)70(74)66-50(42-27-11-2-12-28-42)49(41-25-9-1-10-26-41)65(69)61(62(60)66)59(57)63(64)67/h1-40H,73-76H2. The molecule has 0 unspecified atom stereocenters. The van der Waals surface area contributed by atoms with Gasteiger partial charge in [-0.3, -0.25) is 0 Å². The van der Waals surface area contributed by atoms with E-state index in [1.54, 1.807) is 0 Å². The first-order valence-corrected chi connectivity index (χ1v) is 25.9. The van der Waals surface area contributed by atoms with Crippen molar-refractivity contribution < 1.29 is 0 Å². The van der Waals surface area contributed by atoms with Crippen molar-refractivity contribution in [1.29, 1.82) is 0 Å². The Morgan fingerprint density at radius 2 is 0.263 bits per heavy atom. The first-order chi connectivity index (χ1) is 37.5. The molecule has 0 bridgehead atoms. The van der Waals surface area contributed by atoms with E-state index in [0.29, 0.717) is 22.7 Å². The molecule has 4 nitrogen and oxygen atoms in total. The Kier molecular flexibility index (Phi) is 9.53. The minimum absolute atomic E-state index is 0.670. The fourth-order valence-corrected chi connectivity index (χ4v) is 13.3. The maximum atomic E-state index is 8.25. The van der Waals surface area contributed by atoms with Gasteiger partial charge in [-0.1, -0.05) is 243 Å². The Bertz CT molecular complexity index is 4100. The molecule has 76 heavy (non-hydrogen) atoms. The van der Waals surface area contributed by atoms with Gasteiger partial charge in [0.15, 0.2) is 0 Å². The molecule has 8 N–H and O–H groups in total. The molecule has 0 aliphatic heterocycles. The highest BCUT2D eigenvalue weighted by Crippen LogP contribution is 2.66. The van der Waals surface area contributed by atoms with Crippen LogP contribution in [-0.2, 0) is 0 Å². The van der Waals surface area contributed by atoms with E-state index in [0.717, 1.165) is 154 Å². The summed E-state index contributed by atoms with van der Waals surface area (Å²) in [4.78, 5) is 0. The fourth-order valence-electron chi connectivity index (χ4n) is 13.3. The lowest BCUT2D eigenvalue weighted by Crippen LogP contribution is -2.09. The highest BCUT2D eigenvalue weighted by molar-refractivity contribution is 6.56. The maximum absolute atomic E-state index is 8.25. The molecule has 0 aliphatic rings. The predicted octanol–water partition coefficient (Wildman–Crippen LogP) is 18.6. The first kappa shape index (κ1) is 43.4. The van der Waals surface area contributed by atoms with Crippen LogP contribution < -0.4 is 22.9 Å². The lowest BCUT2D eigenvalue weighted by molar-refractivity contribution is 1.60. The summed E-state index contributed by atoms with van der Waals surface area (Å²) in [6.45, 7) is 0. The average molecular weight is 969 g/mol. The molecule has 0 saturated carbocycles. The molecule has 356 valence electrons. The molecule has 15 aromatic rings. The lowest BCUT2D eigenvalue weighted by Gasteiger charge is -2.33. The van der Waals surface area contributed by atoms with Gasteiger partial charge in [0.05, 0.1) is 0 Å². The van der Waals surface area contributed by atoms with Crippen LogP contribution in [0.2, 0.25) is 0 Å². The predicted molar refractivity (Wildman–Crippen MR) is 326 cm³/mol. The summed E-state index contributed by atoms with van der Waals surface area (Å²) in [6.07, 6.45) is 0. The average Bonchev–Trinajstić information content (AvgIpc) is 2.79. The molecule has 0 heterocycles. The second kappa shape index (κ2) is 16.7. The number of nitrogens with two attached hydrogens (primary N) is 4. The van der Waals surface area contributed by atoms with Crippen LogP contribution in [0.1, 0.15) is 0 Å². The number of rotatable bonds is 8. The molecule has 15 rings (SSSR count). The topological polar surface area (TPSA) is 104 Å². The second-order valence-electron chi connectivity index (χ2n) is 20.1. The van der Waals surface area contributed by atoms with E-state index < -0.39 is 0 Å². The van der Waals surface area contributed by atoms with E-state index in [4.69, 9.17) is 22.9 Å². The van der Waals surface area contributed by atoms with Gasteiger partial charge in [-0.15, -0.1) is 0 Å². The number of hydrogen-bond donors (Lipinski definition) is 4. The zero-order valence-corrected chi connectivity index (χ0v) is 41.4. The van der Waals surface area contributed by atoms with Crippen LogP contribution in [0.4, 0.5) is 22.7 Å². The van der Waals surface area contributed by atoms with Crippen LogP contribution in [0.3, 0.4) is 0 Å². The van der Waals surface area contributed by atoms with Crippen molar-refractivity contribution in [2.45, 2.75) is 0 Å². The summed E-state index contributed by atoms with van der Waals surface area (Å²) in [5, 5.41) is 12.2. The van der Waals surface area contributed by atoms with Crippen molar-refractivity contribution in [3.8, 4) is 89.0 Å². The zero-order chi connectivity index (χ0) is 50.8. The summed E-state index contributed by atoms with van der Waals surface area (Å²) in [6, 6.07) is 85.6.